The fourth-order valence-electron chi connectivity index (χ4n) is 2.89. The van der Waals surface area contributed by atoms with Crippen LogP contribution in [-0.4, -0.2) is 58.9 Å². The second-order valence-electron chi connectivity index (χ2n) is 6.69. The average molecular weight is 506 g/mol. The van der Waals surface area contributed by atoms with Crippen LogP contribution in [0.1, 0.15) is 27.2 Å². The molecule has 1 aromatic carbocycles. The summed E-state index contributed by atoms with van der Waals surface area (Å²) in [7, 11) is -1.04. The number of halogens is 1. The third kappa shape index (κ3) is 7.77. The molecular weight excluding hydrogens is 475 g/mol. The van der Waals surface area contributed by atoms with Crippen molar-refractivity contribution in [3.63, 3.8) is 0 Å². The fraction of sp³-hybridized carbons (Fsp3) is 0.579. The summed E-state index contributed by atoms with van der Waals surface area (Å²) < 4.78 is 12.3. The van der Waals surface area contributed by atoms with Gasteiger partial charge in [-0.15, -0.1) is 24.0 Å². The van der Waals surface area contributed by atoms with Crippen LogP contribution in [0.4, 0.5) is 0 Å². The molecule has 1 aliphatic heterocycles. The number of carbonyl (C=O) groups excluding carboxylic acids is 1. The normalized spacial score (nSPS) is 18.1. The van der Waals surface area contributed by atoms with E-state index in [0.717, 1.165) is 30.4 Å². The second kappa shape index (κ2) is 12.3. The highest BCUT2D eigenvalue weighted by molar-refractivity contribution is 14.0. The van der Waals surface area contributed by atoms with E-state index in [4.69, 9.17) is 0 Å². The molecule has 1 aliphatic rings. The van der Waals surface area contributed by atoms with E-state index in [-0.39, 0.29) is 41.8 Å². The van der Waals surface area contributed by atoms with E-state index in [1.54, 1.807) is 0 Å². The number of guanidine groups is 1. The molecule has 0 saturated carbocycles. The van der Waals surface area contributed by atoms with Crippen molar-refractivity contribution >= 4 is 46.6 Å². The number of nitrogens with zero attached hydrogens (tertiary/aromatic N) is 2. The Bertz CT molecular complexity index is 640. The number of amides is 1. The first kappa shape index (κ1) is 23.9. The number of likely N-dealkylation sites (tertiary alicyclic amines) is 1. The molecule has 8 heteroatoms. The predicted octanol–water partition coefficient (Wildman–Crippen LogP) is 2.22. The predicted molar refractivity (Wildman–Crippen MR) is 122 cm³/mol. The highest BCUT2D eigenvalue weighted by Gasteiger charge is 2.27. The van der Waals surface area contributed by atoms with E-state index in [1.165, 1.54) is 0 Å². The zero-order chi connectivity index (χ0) is 18.9. The second-order valence-corrected chi connectivity index (χ2v) is 8.26. The van der Waals surface area contributed by atoms with Gasteiger partial charge in [0.1, 0.15) is 0 Å². The first-order chi connectivity index (χ1) is 12.5. The van der Waals surface area contributed by atoms with Gasteiger partial charge in [0.25, 0.3) is 0 Å². The molecule has 0 aliphatic carbocycles. The minimum absolute atomic E-state index is 0. The van der Waals surface area contributed by atoms with Crippen molar-refractivity contribution in [1.29, 1.82) is 0 Å². The van der Waals surface area contributed by atoms with Gasteiger partial charge in [0.2, 0.25) is 5.91 Å². The molecule has 1 amide bonds. The van der Waals surface area contributed by atoms with Gasteiger partial charge in [0.05, 0.1) is 17.3 Å². The van der Waals surface area contributed by atoms with Gasteiger partial charge in [-0.25, -0.2) is 0 Å². The lowest BCUT2D eigenvalue weighted by Gasteiger charge is -2.20. The van der Waals surface area contributed by atoms with Crippen molar-refractivity contribution in [3.05, 3.63) is 30.3 Å². The first-order valence-electron chi connectivity index (χ1n) is 9.28. The summed E-state index contributed by atoms with van der Waals surface area (Å²) in [6.45, 7) is 8.61. The van der Waals surface area contributed by atoms with E-state index in [1.807, 2.05) is 56.0 Å². The number of nitrogens with one attached hydrogen (secondary N) is 2. The maximum Gasteiger partial charge on any atom is 0.225 e. The molecule has 152 valence electrons. The van der Waals surface area contributed by atoms with Crippen LogP contribution in [-0.2, 0) is 15.6 Å². The van der Waals surface area contributed by atoms with Crippen LogP contribution >= 0.6 is 24.0 Å². The van der Waals surface area contributed by atoms with Crippen LogP contribution in [0.5, 0.6) is 0 Å². The smallest absolute Gasteiger partial charge is 0.225 e. The van der Waals surface area contributed by atoms with Gasteiger partial charge in [-0.3, -0.25) is 14.0 Å². The molecule has 0 radical (unpaired) electrons. The number of benzene rings is 1. The first-order valence-corrected chi connectivity index (χ1v) is 10.6. The lowest BCUT2D eigenvalue weighted by Crippen LogP contribution is -2.45. The van der Waals surface area contributed by atoms with E-state index in [9.17, 15) is 9.00 Å². The van der Waals surface area contributed by atoms with Gasteiger partial charge in [0.15, 0.2) is 5.96 Å². The van der Waals surface area contributed by atoms with Gasteiger partial charge in [0, 0.05) is 42.2 Å². The Morgan fingerprint density at radius 3 is 2.67 bits per heavy atom. The Kier molecular flexibility index (Phi) is 10.9. The maximum absolute atomic E-state index is 12.3. The number of rotatable bonds is 7. The van der Waals surface area contributed by atoms with Crippen LogP contribution < -0.4 is 10.6 Å². The zero-order valence-corrected chi connectivity index (χ0v) is 19.5. The molecule has 2 rings (SSSR count). The Morgan fingerprint density at radius 1 is 1.33 bits per heavy atom. The molecule has 2 atom stereocenters. The molecule has 0 aromatic heterocycles. The molecule has 0 bridgehead atoms. The third-order valence-corrected chi connectivity index (χ3v) is 5.58. The Balaban J connectivity index is 0.00000364. The van der Waals surface area contributed by atoms with Crippen LogP contribution in [0.25, 0.3) is 0 Å². The molecule has 1 aromatic rings. The average Bonchev–Trinajstić information content (AvgIpc) is 3.10. The number of hydrogen-bond donors (Lipinski definition) is 2. The van der Waals surface area contributed by atoms with Crippen LogP contribution in [0, 0.1) is 5.92 Å². The van der Waals surface area contributed by atoms with Crippen LogP contribution in [0.2, 0.25) is 0 Å². The summed E-state index contributed by atoms with van der Waals surface area (Å²) in [6.07, 6.45) is 0.915. The van der Waals surface area contributed by atoms with Crippen molar-refractivity contribution < 1.29 is 9.00 Å². The summed E-state index contributed by atoms with van der Waals surface area (Å²) in [4.78, 5) is 19.4. The zero-order valence-electron chi connectivity index (χ0n) is 16.3. The number of carbonyl (C=O) groups is 1. The quantitative estimate of drug-likeness (QED) is 0.338. The molecule has 6 nitrogen and oxygen atoms in total. The minimum atomic E-state index is -1.04. The molecule has 1 saturated heterocycles. The summed E-state index contributed by atoms with van der Waals surface area (Å²) >= 11 is 0. The van der Waals surface area contributed by atoms with Gasteiger partial charge in [-0.2, -0.15) is 0 Å². The van der Waals surface area contributed by atoms with Gasteiger partial charge < -0.3 is 15.5 Å². The summed E-state index contributed by atoms with van der Waals surface area (Å²) in [5.41, 5.74) is 0. The Morgan fingerprint density at radius 2 is 2.04 bits per heavy atom. The van der Waals surface area contributed by atoms with E-state index < -0.39 is 10.8 Å². The van der Waals surface area contributed by atoms with Crippen molar-refractivity contribution in [1.82, 2.24) is 15.5 Å². The van der Waals surface area contributed by atoms with Crippen LogP contribution in [0.3, 0.4) is 0 Å². The highest BCUT2D eigenvalue weighted by atomic mass is 127. The SMILES string of the molecule is CCNC(=NCCS(=O)c1ccccc1)NC1CCN(C(=O)C(C)C)C1.I. The summed E-state index contributed by atoms with van der Waals surface area (Å²) in [6, 6.07) is 9.67. The Labute approximate surface area is 182 Å². The fourth-order valence-corrected chi connectivity index (χ4v) is 3.84. The van der Waals surface area contributed by atoms with E-state index >= 15 is 0 Å². The highest BCUT2D eigenvalue weighted by Crippen LogP contribution is 2.12. The third-order valence-electron chi connectivity index (χ3n) is 4.23. The van der Waals surface area contributed by atoms with Gasteiger partial charge >= 0.3 is 0 Å². The standard InChI is InChI=1S/C19H30N4O2S.HI/c1-4-20-19(21-11-13-26(25)17-8-6-5-7-9-17)22-16-10-12-23(14-16)18(24)15(2)3;/h5-9,15-16H,4,10-14H2,1-3H3,(H2,20,21,22);1H. The molecule has 1 heterocycles. The lowest BCUT2D eigenvalue weighted by atomic mass is 10.2. The molecule has 0 spiro atoms. The molecule has 1 fully saturated rings. The molecular formula is C19H31IN4O2S. The van der Waals surface area contributed by atoms with Crippen molar-refractivity contribution in [2.24, 2.45) is 10.9 Å². The van der Waals surface area contributed by atoms with Gasteiger partial charge in [-0.05, 0) is 25.5 Å². The largest absolute Gasteiger partial charge is 0.357 e. The van der Waals surface area contributed by atoms with Crippen molar-refractivity contribution in [2.75, 3.05) is 31.9 Å². The summed E-state index contributed by atoms with van der Waals surface area (Å²) in [5, 5.41) is 6.63. The van der Waals surface area contributed by atoms with Gasteiger partial charge in [-0.1, -0.05) is 32.0 Å². The molecule has 2 unspecified atom stereocenters. The molecule has 2 N–H and O–H groups in total. The number of hydrogen-bond acceptors (Lipinski definition) is 3. The monoisotopic (exact) mass is 506 g/mol. The van der Waals surface area contributed by atoms with Crippen molar-refractivity contribution in [3.8, 4) is 0 Å². The van der Waals surface area contributed by atoms with Crippen LogP contribution in [0.15, 0.2) is 40.2 Å². The molecule has 27 heavy (non-hydrogen) atoms. The van der Waals surface area contributed by atoms with E-state index in [2.05, 4.69) is 15.6 Å². The summed E-state index contributed by atoms with van der Waals surface area (Å²) in [5.74, 6) is 1.45. The number of aliphatic imine (C=N–C) groups is 1. The topological polar surface area (TPSA) is 73.8 Å². The Hall–Kier alpha value is -1.16. The van der Waals surface area contributed by atoms with Crippen molar-refractivity contribution in [2.45, 2.75) is 38.1 Å². The lowest BCUT2D eigenvalue weighted by molar-refractivity contribution is -0.133. The maximum atomic E-state index is 12.3. The van der Waals surface area contributed by atoms with E-state index in [0.29, 0.717) is 18.8 Å². The minimum Gasteiger partial charge on any atom is -0.357 e.